The van der Waals surface area contributed by atoms with E-state index in [0.29, 0.717) is 13.0 Å². The molecule has 0 bridgehead atoms. The fourth-order valence-electron chi connectivity index (χ4n) is 1.33. The van der Waals surface area contributed by atoms with Crippen molar-refractivity contribution in [3.05, 3.63) is 12.2 Å². The maximum atomic E-state index is 11.2. The summed E-state index contributed by atoms with van der Waals surface area (Å²) in [5.41, 5.74) is 0.0789. The van der Waals surface area contributed by atoms with Crippen LogP contribution in [0.4, 0.5) is 0 Å². The lowest BCUT2D eigenvalue weighted by Gasteiger charge is -2.26. The molecule has 0 saturated carbocycles. The second kappa shape index (κ2) is 4.07. The Morgan fingerprint density at radius 1 is 1.54 bits per heavy atom. The normalized spacial score (nSPS) is 17.2. The van der Waals surface area contributed by atoms with Crippen molar-refractivity contribution in [1.82, 2.24) is 4.90 Å². The van der Waals surface area contributed by atoms with Gasteiger partial charge in [0.05, 0.1) is 6.54 Å². The number of aliphatic carboxylic acids is 1. The molecule has 0 aromatic rings. The van der Waals surface area contributed by atoms with Gasteiger partial charge in [0, 0.05) is 18.5 Å². The van der Waals surface area contributed by atoms with Crippen LogP contribution in [0.2, 0.25) is 0 Å². The number of piperidine rings is 1. The number of carbonyl (C=O) groups excluding carboxylic acids is 1. The Labute approximate surface area is 76.8 Å². The molecular formula is C9H13NO3. The summed E-state index contributed by atoms with van der Waals surface area (Å²) < 4.78 is 0. The summed E-state index contributed by atoms with van der Waals surface area (Å²) in [6, 6.07) is 0. The van der Waals surface area contributed by atoms with Crippen molar-refractivity contribution >= 4 is 11.9 Å². The summed E-state index contributed by atoms with van der Waals surface area (Å²) in [5.74, 6) is -0.993. The van der Waals surface area contributed by atoms with E-state index in [1.165, 1.54) is 0 Å². The summed E-state index contributed by atoms with van der Waals surface area (Å²) in [7, 11) is 0. The number of carboxylic acid groups (broad SMARTS) is 1. The van der Waals surface area contributed by atoms with Crippen molar-refractivity contribution in [3.8, 4) is 0 Å². The molecule has 1 N–H and O–H groups in total. The van der Waals surface area contributed by atoms with Crippen LogP contribution in [-0.4, -0.2) is 35.0 Å². The third-order valence-corrected chi connectivity index (χ3v) is 2.11. The van der Waals surface area contributed by atoms with Crippen LogP contribution in [0.25, 0.3) is 0 Å². The van der Waals surface area contributed by atoms with E-state index in [4.69, 9.17) is 5.11 Å². The van der Waals surface area contributed by atoms with Gasteiger partial charge in [-0.1, -0.05) is 6.58 Å². The molecular weight excluding hydrogens is 170 g/mol. The molecule has 1 amide bonds. The topological polar surface area (TPSA) is 57.6 Å². The Balaban J connectivity index is 2.47. The molecule has 0 unspecified atom stereocenters. The summed E-state index contributed by atoms with van der Waals surface area (Å²) in [5, 5.41) is 8.56. The Kier molecular flexibility index (Phi) is 3.06. The average Bonchev–Trinajstić information content (AvgIpc) is 2.08. The first-order valence-corrected chi connectivity index (χ1v) is 4.30. The molecule has 13 heavy (non-hydrogen) atoms. The molecule has 4 heteroatoms. The maximum absolute atomic E-state index is 11.2. The molecule has 1 aliphatic heterocycles. The zero-order chi connectivity index (χ0) is 9.84. The zero-order valence-electron chi connectivity index (χ0n) is 7.45. The third-order valence-electron chi connectivity index (χ3n) is 2.11. The lowest BCUT2D eigenvalue weighted by atomic mass is 10.1. The van der Waals surface area contributed by atoms with E-state index in [1.807, 2.05) is 0 Å². The standard InChI is InChI=1S/C9H13NO3/c1-7(9(12)13)6-10-5-3-2-4-8(10)11/h1-6H2,(H,12,13). The molecule has 0 atom stereocenters. The van der Waals surface area contributed by atoms with Gasteiger partial charge in [-0.15, -0.1) is 0 Å². The van der Waals surface area contributed by atoms with E-state index in [9.17, 15) is 9.59 Å². The first-order valence-electron chi connectivity index (χ1n) is 4.30. The highest BCUT2D eigenvalue weighted by molar-refractivity contribution is 5.87. The van der Waals surface area contributed by atoms with E-state index in [1.54, 1.807) is 4.90 Å². The van der Waals surface area contributed by atoms with E-state index >= 15 is 0 Å². The number of rotatable bonds is 3. The second-order valence-electron chi connectivity index (χ2n) is 3.18. The van der Waals surface area contributed by atoms with E-state index < -0.39 is 5.97 Å². The van der Waals surface area contributed by atoms with Crippen molar-refractivity contribution < 1.29 is 14.7 Å². The summed E-state index contributed by atoms with van der Waals surface area (Å²) >= 11 is 0. The minimum absolute atomic E-state index is 0.0358. The number of likely N-dealkylation sites (tertiary alicyclic amines) is 1. The molecule has 1 aliphatic rings. The quantitative estimate of drug-likeness (QED) is 0.653. The fraction of sp³-hybridized carbons (Fsp3) is 0.556. The van der Waals surface area contributed by atoms with Crippen LogP contribution in [0.15, 0.2) is 12.2 Å². The van der Waals surface area contributed by atoms with Crippen LogP contribution in [0.1, 0.15) is 19.3 Å². The van der Waals surface area contributed by atoms with Crippen LogP contribution < -0.4 is 0 Å². The molecule has 1 rings (SSSR count). The van der Waals surface area contributed by atoms with Crippen LogP contribution in [0.5, 0.6) is 0 Å². The number of carbonyl (C=O) groups is 2. The molecule has 0 spiro atoms. The smallest absolute Gasteiger partial charge is 0.332 e. The molecule has 0 radical (unpaired) electrons. The van der Waals surface area contributed by atoms with E-state index in [0.717, 1.165) is 12.8 Å². The van der Waals surface area contributed by atoms with Gasteiger partial charge in [-0.05, 0) is 12.8 Å². The largest absolute Gasteiger partial charge is 0.478 e. The molecule has 1 saturated heterocycles. The van der Waals surface area contributed by atoms with Gasteiger partial charge in [-0.2, -0.15) is 0 Å². The highest BCUT2D eigenvalue weighted by Crippen LogP contribution is 2.11. The van der Waals surface area contributed by atoms with Gasteiger partial charge in [0.15, 0.2) is 0 Å². The highest BCUT2D eigenvalue weighted by Gasteiger charge is 2.19. The molecule has 72 valence electrons. The van der Waals surface area contributed by atoms with Crippen molar-refractivity contribution in [2.75, 3.05) is 13.1 Å². The Morgan fingerprint density at radius 3 is 2.77 bits per heavy atom. The van der Waals surface area contributed by atoms with Crippen molar-refractivity contribution in [2.24, 2.45) is 0 Å². The summed E-state index contributed by atoms with van der Waals surface area (Å²) in [6.45, 7) is 4.21. The highest BCUT2D eigenvalue weighted by atomic mass is 16.4. The van der Waals surface area contributed by atoms with Gasteiger partial charge >= 0.3 is 5.97 Å². The van der Waals surface area contributed by atoms with Crippen LogP contribution >= 0.6 is 0 Å². The van der Waals surface area contributed by atoms with Crippen molar-refractivity contribution in [1.29, 1.82) is 0 Å². The molecule has 1 heterocycles. The van der Waals surface area contributed by atoms with Gasteiger partial charge in [-0.25, -0.2) is 4.79 Å². The van der Waals surface area contributed by atoms with Crippen molar-refractivity contribution in [3.63, 3.8) is 0 Å². The summed E-state index contributed by atoms with van der Waals surface area (Å²) in [4.78, 5) is 23.2. The first-order chi connectivity index (χ1) is 6.11. The number of hydrogen-bond donors (Lipinski definition) is 1. The number of hydrogen-bond acceptors (Lipinski definition) is 2. The van der Waals surface area contributed by atoms with Crippen LogP contribution in [0.3, 0.4) is 0 Å². The fourth-order valence-corrected chi connectivity index (χ4v) is 1.33. The van der Waals surface area contributed by atoms with Gasteiger partial charge < -0.3 is 10.0 Å². The third kappa shape index (κ3) is 2.57. The van der Waals surface area contributed by atoms with Crippen LogP contribution in [0, 0.1) is 0 Å². The molecule has 1 fully saturated rings. The number of carboxylic acids is 1. The summed E-state index contributed by atoms with van der Waals surface area (Å²) in [6.07, 6.45) is 2.40. The Morgan fingerprint density at radius 2 is 2.23 bits per heavy atom. The lowest BCUT2D eigenvalue weighted by Crippen LogP contribution is -2.37. The SMILES string of the molecule is C=C(CN1CCCCC1=O)C(=O)O. The van der Waals surface area contributed by atoms with Gasteiger partial charge in [-0.3, -0.25) is 4.79 Å². The Hall–Kier alpha value is -1.32. The number of nitrogens with zero attached hydrogens (tertiary/aromatic N) is 1. The predicted molar refractivity (Wildman–Crippen MR) is 47.2 cm³/mol. The zero-order valence-corrected chi connectivity index (χ0v) is 7.45. The minimum atomic E-state index is -1.03. The Bertz CT molecular complexity index is 247. The molecule has 0 aliphatic carbocycles. The molecule has 0 aromatic carbocycles. The van der Waals surface area contributed by atoms with Gasteiger partial charge in [0.1, 0.15) is 0 Å². The van der Waals surface area contributed by atoms with Crippen LogP contribution in [-0.2, 0) is 9.59 Å². The lowest BCUT2D eigenvalue weighted by molar-refractivity contribution is -0.134. The van der Waals surface area contributed by atoms with Gasteiger partial charge in [0.2, 0.25) is 5.91 Å². The van der Waals surface area contributed by atoms with Gasteiger partial charge in [0.25, 0.3) is 0 Å². The van der Waals surface area contributed by atoms with E-state index in [2.05, 4.69) is 6.58 Å². The minimum Gasteiger partial charge on any atom is -0.478 e. The van der Waals surface area contributed by atoms with Crippen molar-refractivity contribution in [2.45, 2.75) is 19.3 Å². The van der Waals surface area contributed by atoms with E-state index in [-0.39, 0.29) is 18.0 Å². The average molecular weight is 183 g/mol. The maximum Gasteiger partial charge on any atom is 0.332 e. The predicted octanol–water partition coefficient (Wildman–Crippen LogP) is 0.640. The monoisotopic (exact) mass is 183 g/mol. The second-order valence-corrected chi connectivity index (χ2v) is 3.18. The first kappa shape index (κ1) is 9.77. The number of amides is 1. The molecule has 4 nitrogen and oxygen atoms in total. The molecule has 0 aromatic heterocycles.